The maximum atomic E-state index is 12.1. The van der Waals surface area contributed by atoms with E-state index >= 15 is 0 Å². The minimum atomic E-state index is -4.17. The Bertz CT molecular complexity index is 405. The van der Waals surface area contributed by atoms with E-state index in [1.807, 2.05) is 0 Å². The number of nitrogens with two attached hydrogens (primary N) is 1. The van der Waals surface area contributed by atoms with Gasteiger partial charge in [-0.1, -0.05) is 12.1 Å². The van der Waals surface area contributed by atoms with Gasteiger partial charge in [-0.15, -0.1) is 0 Å². The Kier molecular flexibility index (Phi) is 5.15. The second-order valence-corrected chi connectivity index (χ2v) is 3.90. The first kappa shape index (κ1) is 14.5. The average Bonchev–Trinajstić information content (AvgIpc) is 2.26. The molecule has 0 radical (unpaired) electrons. The molecule has 0 heterocycles. The molecular formula is C12H15F3N2O. The molecule has 0 atom stereocenters. The molecule has 0 saturated heterocycles. The van der Waals surface area contributed by atoms with Crippen LogP contribution in [-0.4, -0.2) is 18.6 Å². The van der Waals surface area contributed by atoms with E-state index in [4.69, 9.17) is 5.73 Å². The molecule has 0 aliphatic carbocycles. The number of hydrogen-bond donors (Lipinski definition) is 2. The Morgan fingerprint density at radius 3 is 2.67 bits per heavy atom. The van der Waals surface area contributed by atoms with Crippen molar-refractivity contribution in [2.45, 2.75) is 25.4 Å². The second kappa shape index (κ2) is 6.39. The molecule has 0 aromatic heterocycles. The van der Waals surface area contributed by atoms with Crippen LogP contribution < -0.4 is 11.1 Å². The Balaban J connectivity index is 2.59. The monoisotopic (exact) mass is 260 g/mol. The molecule has 18 heavy (non-hydrogen) atoms. The van der Waals surface area contributed by atoms with E-state index in [2.05, 4.69) is 5.32 Å². The zero-order valence-electron chi connectivity index (χ0n) is 9.76. The third-order valence-electron chi connectivity index (χ3n) is 2.28. The quantitative estimate of drug-likeness (QED) is 0.854. The smallest absolute Gasteiger partial charge is 0.330 e. The minimum Gasteiger partial charge on any atom is -0.330 e. The van der Waals surface area contributed by atoms with E-state index in [0.717, 1.165) is 0 Å². The number of hydrogen-bond acceptors (Lipinski definition) is 2. The summed E-state index contributed by atoms with van der Waals surface area (Å²) in [6.07, 6.45) is -4.94. The van der Waals surface area contributed by atoms with Gasteiger partial charge >= 0.3 is 6.18 Å². The highest BCUT2D eigenvalue weighted by molar-refractivity contribution is 5.90. The predicted octanol–water partition coefficient (Wildman–Crippen LogP) is 2.47. The molecule has 3 nitrogen and oxygen atoms in total. The summed E-state index contributed by atoms with van der Waals surface area (Å²) in [6.45, 7) is 0.236. The van der Waals surface area contributed by atoms with E-state index in [-0.39, 0.29) is 25.3 Å². The molecule has 0 spiro atoms. The third-order valence-corrected chi connectivity index (χ3v) is 2.28. The lowest BCUT2D eigenvalue weighted by Crippen LogP contribution is -2.16. The van der Waals surface area contributed by atoms with E-state index in [0.29, 0.717) is 11.3 Å². The summed E-state index contributed by atoms with van der Waals surface area (Å²) in [6, 6.07) is 6.39. The SMILES string of the molecule is NCCC(=O)Nc1cccc(CCC(F)(F)F)c1. The van der Waals surface area contributed by atoms with Gasteiger partial charge in [0.15, 0.2) is 0 Å². The number of carbonyl (C=O) groups excluding carboxylic acids is 1. The van der Waals surface area contributed by atoms with Crippen LogP contribution in [0.15, 0.2) is 24.3 Å². The van der Waals surface area contributed by atoms with Crippen molar-refractivity contribution >= 4 is 11.6 Å². The van der Waals surface area contributed by atoms with Crippen LogP contribution in [0.4, 0.5) is 18.9 Å². The number of halogens is 3. The van der Waals surface area contributed by atoms with Crippen LogP contribution in [-0.2, 0) is 11.2 Å². The Labute approximate surface area is 103 Å². The highest BCUT2D eigenvalue weighted by Crippen LogP contribution is 2.23. The van der Waals surface area contributed by atoms with Crippen LogP contribution in [0.3, 0.4) is 0 Å². The largest absolute Gasteiger partial charge is 0.389 e. The van der Waals surface area contributed by atoms with Gasteiger partial charge in [0.05, 0.1) is 0 Å². The number of alkyl halides is 3. The molecule has 3 N–H and O–H groups in total. The summed E-state index contributed by atoms with van der Waals surface area (Å²) in [5.74, 6) is -0.245. The lowest BCUT2D eigenvalue weighted by molar-refractivity contribution is -0.134. The average molecular weight is 260 g/mol. The van der Waals surface area contributed by atoms with Gasteiger partial charge in [0, 0.05) is 25.1 Å². The summed E-state index contributed by atoms with van der Waals surface area (Å²) in [5, 5.41) is 2.58. The maximum Gasteiger partial charge on any atom is 0.389 e. The van der Waals surface area contributed by atoms with Crippen molar-refractivity contribution in [2.24, 2.45) is 5.73 Å². The molecule has 0 unspecified atom stereocenters. The lowest BCUT2D eigenvalue weighted by atomic mass is 10.1. The van der Waals surface area contributed by atoms with Gasteiger partial charge in [0.2, 0.25) is 5.91 Å². The molecule has 100 valence electrons. The Morgan fingerprint density at radius 1 is 1.33 bits per heavy atom. The summed E-state index contributed by atoms with van der Waals surface area (Å²) in [4.78, 5) is 11.3. The molecule has 0 aliphatic heterocycles. The van der Waals surface area contributed by atoms with Crippen molar-refractivity contribution in [3.05, 3.63) is 29.8 Å². The number of carbonyl (C=O) groups is 1. The number of benzene rings is 1. The fourth-order valence-electron chi connectivity index (χ4n) is 1.45. The van der Waals surface area contributed by atoms with Gasteiger partial charge in [0.25, 0.3) is 0 Å². The van der Waals surface area contributed by atoms with E-state index < -0.39 is 12.6 Å². The van der Waals surface area contributed by atoms with Crippen LogP contribution in [0, 0.1) is 0 Å². The Morgan fingerprint density at radius 2 is 2.06 bits per heavy atom. The summed E-state index contributed by atoms with van der Waals surface area (Å²) >= 11 is 0. The van der Waals surface area contributed by atoms with Crippen molar-refractivity contribution in [3.63, 3.8) is 0 Å². The van der Waals surface area contributed by atoms with Crippen LogP contribution in [0.1, 0.15) is 18.4 Å². The molecule has 6 heteroatoms. The summed E-state index contributed by atoms with van der Waals surface area (Å²) in [7, 11) is 0. The predicted molar refractivity (Wildman–Crippen MR) is 63.1 cm³/mol. The number of anilines is 1. The molecule has 1 rings (SSSR count). The summed E-state index contributed by atoms with van der Waals surface area (Å²) in [5.41, 5.74) is 6.26. The van der Waals surface area contributed by atoms with Crippen molar-refractivity contribution < 1.29 is 18.0 Å². The van der Waals surface area contributed by atoms with Gasteiger partial charge in [-0.2, -0.15) is 13.2 Å². The lowest BCUT2D eigenvalue weighted by Gasteiger charge is -2.08. The van der Waals surface area contributed by atoms with Crippen molar-refractivity contribution in [2.75, 3.05) is 11.9 Å². The maximum absolute atomic E-state index is 12.1. The summed E-state index contributed by atoms with van der Waals surface area (Å²) < 4.78 is 36.2. The molecular weight excluding hydrogens is 245 g/mol. The first-order valence-electron chi connectivity index (χ1n) is 5.56. The van der Waals surface area contributed by atoms with Gasteiger partial charge in [-0.3, -0.25) is 4.79 Å². The van der Waals surface area contributed by atoms with E-state index in [9.17, 15) is 18.0 Å². The normalized spacial score (nSPS) is 11.3. The highest BCUT2D eigenvalue weighted by Gasteiger charge is 2.26. The topological polar surface area (TPSA) is 55.1 Å². The molecule has 0 aliphatic rings. The van der Waals surface area contributed by atoms with E-state index in [1.165, 1.54) is 0 Å². The zero-order chi connectivity index (χ0) is 13.6. The van der Waals surface area contributed by atoms with Gasteiger partial charge in [0.1, 0.15) is 0 Å². The van der Waals surface area contributed by atoms with Crippen LogP contribution >= 0.6 is 0 Å². The fraction of sp³-hybridized carbons (Fsp3) is 0.417. The zero-order valence-corrected chi connectivity index (χ0v) is 9.76. The molecule has 0 bridgehead atoms. The van der Waals surface area contributed by atoms with E-state index in [1.54, 1.807) is 24.3 Å². The molecule has 1 aromatic carbocycles. The number of rotatable bonds is 5. The van der Waals surface area contributed by atoms with Crippen molar-refractivity contribution in [1.29, 1.82) is 0 Å². The molecule has 1 amide bonds. The van der Waals surface area contributed by atoms with Crippen LogP contribution in [0.5, 0.6) is 0 Å². The second-order valence-electron chi connectivity index (χ2n) is 3.90. The molecule has 0 saturated carbocycles. The number of nitrogens with one attached hydrogen (secondary N) is 1. The molecule has 0 fully saturated rings. The minimum absolute atomic E-state index is 0.0932. The highest BCUT2D eigenvalue weighted by atomic mass is 19.4. The number of amides is 1. The van der Waals surface area contributed by atoms with Gasteiger partial charge < -0.3 is 11.1 Å². The van der Waals surface area contributed by atoms with Crippen molar-refractivity contribution in [3.8, 4) is 0 Å². The first-order valence-corrected chi connectivity index (χ1v) is 5.56. The van der Waals surface area contributed by atoms with Crippen LogP contribution in [0.2, 0.25) is 0 Å². The van der Waals surface area contributed by atoms with Gasteiger partial charge in [-0.05, 0) is 24.1 Å². The number of aryl methyl sites for hydroxylation is 1. The molecule has 1 aromatic rings. The standard InChI is InChI=1S/C12H15F3N2O/c13-12(14,15)6-4-9-2-1-3-10(8-9)17-11(18)5-7-16/h1-3,8H,4-7,16H2,(H,17,18). The van der Waals surface area contributed by atoms with Crippen molar-refractivity contribution in [1.82, 2.24) is 0 Å². The first-order chi connectivity index (χ1) is 8.40. The fourth-order valence-corrected chi connectivity index (χ4v) is 1.45. The third kappa shape index (κ3) is 5.67. The van der Waals surface area contributed by atoms with Gasteiger partial charge in [-0.25, -0.2) is 0 Å². The Hall–Kier alpha value is -1.56. The van der Waals surface area contributed by atoms with Crippen LogP contribution in [0.25, 0.3) is 0 Å².